The molecule has 2 heterocycles. The molecule has 0 spiro atoms. The van der Waals surface area contributed by atoms with Gasteiger partial charge in [-0.3, -0.25) is 0 Å². The molecule has 0 aliphatic carbocycles. The van der Waals surface area contributed by atoms with Crippen LogP contribution in [-0.4, -0.2) is 48.8 Å². The second kappa shape index (κ2) is 5.87. The molecule has 0 N–H and O–H groups in total. The summed E-state index contributed by atoms with van der Waals surface area (Å²) in [5.74, 6) is 0. The van der Waals surface area contributed by atoms with Gasteiger partial charge in [0.05, 0.1) is 21.2 Å². The topological polar surface area (TPSA) is 121 Å². The number of hydrogen-bond donors (Lipinski definition) is 0. The van der Waals surface area contributed by atoms with Crippen LogP contribution in [0.4, 0.5) is 0 Å². The van der Waals surface area contributed by atoms with Crippen molar-refractivity contribution in [2.24, 2.45) is 0 Å². The number of benzene rings is 2. The number of tetrazole rings is 2. The molecule has 0 radical (unpaired) electrons. The summed E-state index contributed by atoms with van der Waals surface area (Å²) < 4.78 is 28.4. The molecule has 124 valence electrons. The predicted octanol–water partition coefficient (Wildman–Crippen LogP) is 0.471. The van der Waals surface area contributed by atoms with Crippen molar-refractivity contribution in [3.8, 4) is 11.4 Å². The molecule has 0 saturated carbocycles. The largest absolute Gasteiger partial charge is 0.219 e. The molecular weight excluding hydrogens is 344 g/mol. The van der Waals surface area contributed by atoms with E-state index in [1.54, 1.807) is 24.3 Å². The first-order chi connectivity index (χ1) is 12.1. The third-order valence-corrected chi connectivity index (χ3v) is 5.31. The molecule has 2 aromatic heterocycles. The Morgan fingerprint density at radius 3 is 1.36 bits per heavy atom. The maximum atomic E-state index is 12.7. The minimum absolute atomic E-state index is 0.180. The lowest BCUT2D eigenvalue weighted by molar-refractivity contribution is 0.596. The lowest BCUT2D eigenvalue weighted by atomic mass is 10.3. The molecule has 0 amide bonds. The molecule has 0 bridgehead atoms. The van der Waals surface area contributed by atoms with Gasteiger partial charge >= 0.3 is 0 Å². The molecule has 0 atom stereocenters. The van der Waals surface area contributed by atoms with E-state index in [0.29, 0.717) is 11.4 Å². The van der Waals surface area contributed by atoms with Crippen LogP contribution in [0, 0.1) is 0 Å². The molecule has 4 aromatic rings. The number of aromatic nitrogens is 8. The summed E-state index contributed by atoms with van der Waals surface area (Å²) in [5, 5.41) is 21.7. The van der Waals surface area contributed by atoms with Gasteiger partial charge in [-0.15, -0.1) is 10.2 Å². The fourth-order valence-corrected chi connectivity index (χ4v) is 3.51. The van der Waals surface area contributed by atoms with Crippen molar-refractivity contribution >= 4 is 9.84 Å². The highest BCUT2D eigenvalue weighted by atomic mass is 32.2. The zero-order valence-corrected chi connectivity index (χ0v) is 13.4. The molecular formula is C14H10N8O2S. The fourth-order valence-electron chi connectivity index (χ4n) is 2.25. The molecule has 4 rings (SSSR count). The highest BCUT2D eigenvalue weighted by molar-refractivity contribution is 7.91. The van der Waals surface area contributed by atoms with Crippen molar-refractivity contribution in [3.63, 3.8) is 0 Å². The van der Waals surface area contributed by atoms with Crippen molar-refractivity contribution < 1.29 is 8.42 Å². The minimum Gasteiger partial charge on any atom is -0.219 e. The fraction of sp³-hybridized carbons (Fsp3) is 0. The Balaban J connectivity index is 1.65. The molecule has 0 fully saturated rings. The number of sulfone groups is 1. The van der Waals surface area contributed by atoms with Crippen LogP contribution in [0.1, 0.15) is 0 Å². The first-order valence-electron chi connectivity index (χ1n) is 7.06. The van der Waals surface area contributed by atoms with E-state index in [-0.39, 0.29) is 9.79 Å². The van der Waals surface area contributed by atoms with Gasteiger partial charge < -0.3 is 0 Å². The summed E-state index contributed by atoms with van der Waals surface area (Å²) in [6.45, 7) is 0. The van der Waals surface area contributed by atoms with E-state index in [1.165, 1.54) is 46.3 Å². The summed E-state index contributed by atoms with van der Waals surface area (Å²) in [5.41, 5.74) is 1.33. The average molecular weight is 354 g/mol. The van der Waals surface area contributed by atoms with Crippen molar-refractivity contribution in [2.45, 2.75) is 9.79 Å². The minimum atomic E-state index is -3.63. The van der Waals surface area contributed by atoms with Crippen LogP contribution in [0.15, 0.2) is 71.0 Å². The number of nitrogens with zero attached hydrogens (tertiary/aromatic N) is 8. The highest BCUT2D eigenvalue weighted by Crippen LogP contribution is 2.22. The van der Waals surface area contributed by atoms with E-state index in [9.17, 15) is 8.42 Å². The Hall–Kier alpha value is -3.47. The number of hydrogen-bond acceptors (Lipinski definition) is 8. The summed E-state index contributed by atoms with van der Waals surface area (Å²) in [7, 11) is -3.63. The normalized spacial score (nSPS) is 11.5. The van der Waals surface area contributed by atoms with E-state index >= 15 is 0 Å². The van der Waals surface area contributed by atoms with E-state index < -0.39 is 9.84 Å². The first kappa shape index (κ1) is 15.1. The van der Waals surface area contributed by atoms with Crippen LogP contribution in [0.3, 0.4) is 0 Å². The van der Waals surface area contributed by atoms with Crippen LogP contribution in [0.5, 0.6) is 0 Å². The molecule has 0 saturated heterocycles. The van der Waals surface area contributed by atoms with Crippen molar-refractivity contribution in [3.05, 3.63) is 61.2 Å². The second-order valence-corrected chi connectivity index (χ2v) is 6.95. The van der Waals surface area contributed by atoms with E-state index in [4.69, 9.17) is 0 Å². The molecule has 0 unspecified atom stereocenters. The highest BCUT2D eigenvalue weighted by Gasteiger charge is 2.18. The first-order valence-corrected chi connectivity index (χ1v) is 8.55. The van der Waals surface area contributed by atoms with E-state index in [2.05, 4.69) is 31.1 Å². The monoisotopic (exact) mass is 354 g/mol. The molecule has 0 aliphatic heterocycles. The van der Waals surface area contributed by atoms with Gasteiger partial charge in [0, 0.05) is 0 Å². The smallest absolute Gasteiger partial charge is 0.206 e. The third kappa shape index (κ3) is 2.76. The molecule has 0 aliphatic rings. The van der Waals surface area contributed by atoms with Gasteiger partial charge in [0.15, 0.2) is 0 Å². The Labute approximate surface area is 141 Å². The quantitative estimate of drug-likeness (QED) is 0.518. The third-order valence-electron chi connectivity index (χ3n) is 3.52. The van der Waals surface area contributed by atoms with Crippen LogP contribution < -0.4 is 0 Å². The Kier molecular flexibility index (Phi) is 3.54. The van der Waals surface area contributed by atoms with Gasteiger partial charge in [-0.25, -0.2) is 17.8 Å². The maximum Gasteiger partial charge on any atom is 0.206 e. The Bertz CT molecular complexity index is 989. The van der Waals surface area contributed by atoms with Gasteiger partial charge in [0.2, 0.25) is 9.84 Å². The van der Waals surface area contributed by atoms with E-state index in [0.717, 1.165) is 0 Å². The van der Waals surface area contributed by atoms with Gasteiger partial charge in [0.25, 0.3) is 0 Å². The Morgan fingerprint density at radius 2 is 1.04 bits per heavy atom. The summed E-state index contributed by atoms with van der Waals surface area (Å²) >= 11 is 0. The average Bonchev–Trinajstić information content (AvgIpc) is 3.36. The van der Waals surface area contributed by atoms with Crippen LogP contribution >= 0.6 is 0 Å². The van der Waals surface area contributed by atoms with Crippen LogP contribution in [-0.2, 0) is 9.84 Å². The summed E-state index contributed by atoms with van der Waals surface area (Å²) in [6.07, 6.45) is 2.86. The predicted molar refractivity (Wildman–Crippen MR) is 83.8 cm³/mol. The summed E-state index contributed by atoms with van der Waals surface area (Å²) in [6, 6.07) is 12.6. The van der Waals surface area contributed by atoms with Crippen molar-refractivity contribution in [1.29, 1.82) is 0 Å². The molecule has 25 heavy (non-hydrogen) atoms. The van der Waals surface area contributed by atoms with Crippen LogP contribution in [0.25, 0.3) is 11.4 Å². The molecule has 11 heteroatoms. The van der Waals surface area contributed by atoms with Crippen molar-refractivity contribution in [2.75, 3.05) is 0 Å². The maximum absolute atomic E-state index is 12.7. The summed E-state index contributed by atoms with van der Waals surface area (Å²) in [4.78, 5) is 0.360. The molecule has 10 nitrogen and oxygen atoms in total. The standard InChI is InChI=1S/C14H10N8O2S/c23-25(24,13-5-1-11(2-6-13)21-9-15-17-19-21)14-7-3-12(4-8-14)22-10-16-18-20-22/h1-10H. The van der Waals surface area contributed by atoms with Crippen molar-refractivity contribution in [1.82, 2.24) is 40.4 Å². The lowest BCUT2D eigenvalue weighted by Crippen LogP contribution is -2.04. The second-order valence-electron chi connectivity index (χ2n) is 5.00. The number of rotatable bonds is 4. The Morgan fingerprint density at radius 1 is 0.640 bits per heavy atom. The van der Waals surface area contributed by atoms with Crippen LogP contribution in [0.2, 0.25) is 0 Å². The lowest BCUT2D eigenvalue weighted by Gasteiger charge is -2.07. The van der Waals surface area contributed by atoms with Gasteiger partial charge in [0.1, 0.15) is 12.7 Å². The zero-order valence-electron chi connectivity index (χ0n) is 12.6. The van der Waals surface area contributed by atoms with Gasteiger partial charge in [-0.05, 0) is 69.4 Å². The van der Waals surface area contributed by atoms with E-state index in [1.807, 2.05) is 0 Å². The molecule has 2 aromatic carbocycles. The van der Waals surface area contributed by atoms with Gasteiger partial charge in [-0.1, -0.05) is 0 Å². The SMILES string of the molecule is O=S(=O)(c1ccc(-n2cnnn2)cc1)c1ccc(-n2cnnn2)cc1. The zero-order chi connectivity index (χ0) is 17.3. The van der Waals surface area contributed by atoms with Gasteiger partial charge in [-0.2, -0.15) is 0 Å².